The van der Waals surface area contributed by atoms with E-state index in [4.69, 9.17) is 4.42 Å². The molecule has 0 radical (unpaired) electrons. The molecule has 48 heavy (non-hydrogen) atoms. The molecule has 0 amide bonds. The van der Waals surface area contributed by atoms with Gasteiger partial charge in [-0.3, -0.25) is 0 Å². The van der Waals surface area contributed by atoms with Gasteiger partial charge in [0.05, 0.1) is 17.1 Å². The van der Waals surface area contributed by atoms with Crippen LogP contribution in [-0.4, -0.2) is 0 Å². The zero-order chi connectivity index (χ0) is 32.4. The normalized spacial score (nSPS) is 15.0. The highest BCUT2D eigenvalue weighted by molar-refractivity contribution is 6.16. The summed E-state index contributed by atoms with van der Waals surface area (Å²) in [5.74, 6) is 0. The molecule has 1 aromatic heterocycles. The van der Waals surface area contributed by atoms with Crippen molar-refractivity contribution in [2.24, 2.45) is 0 Å². The summed E-state index contributed by atoms with van der Waals surface area (Å²) < 4.78 is 7.20. The lowest BCUT2D eigenvalue weighted by Gasteiger charge is -2.29. The van der Waals surface area contributed by atoms with Gasteiger partial charge in [0.2, 0.25) is 0 Å². The molecule has 10 rings (SSSR count). The highest BCUT2D eigenvalue weighted by Gasteiger charge is 2.39. The maximum Gasteiger partial charge on any atom is 0.159 e. The van der Waals surface area contributed by atoms with Crippen molar-refractivity contribution in [3.8, 4) is 22.3 Å². The van der Waals surface area contributed by atoms with Gasteiger partial charge in [0.1, 0.15) is 5.58 Å². The number of anilines is 3. The van der Waals surface area contributed by atoms with E-state index in [1.807, 2.05) is 0 Å². The number of hydrogen-bond acceptors (Lipinski definition) is 2. The van der Waals surface area contributed by atoms with E-state index in [-0.39, 0.29) is 10.8 Å². The molecule has 2 heteroatoms. The molecule has 0 saturated heterocycles. The average molecular weight is 618 g/mol. The second-order valence-electron chi connectivity index (χ2n) is 14.5. The van der Waals surface area contributed by atoms with Crippen LogP contribution in [0.1, 0.15) is 49.9 Å². The Labute approximate surface area is 280 Å². The molecular weight excluding hydrogens is 583 g/mol. The second kappa shape index (κ2) is 9.49. The number of fused-ring (bicyclic) bond motifs is 11. The van der Waals surface area contributed by atoms with Crippen LogP contribution in [0.5, 0.6) is 0 Å². The zero-order valence-electron chi connectivity index (χ0n) is 27.6. The predicted molar refractivity (Wildman–Crippen MR) is 201 cm³/mol. The molecule has 7 aromatic carbocycles. The molecule has 0 unspecified atom stereocenters. The fourth-order valence-corrected chi connectivity index (χ4v) is 8.92. The molecule has 0 saturated carbocycles. The van der Waals surface area contributed by atoms with Gasteiger partial charge in [0.25, 0.3) is 0 Å². The molecule has 1 heterocycles. The van der Waals surface area contributed by atoms with Crippen molar-refractivity contribution in [3.63, 3.8) is 0 Å². The van der Waals surface area contributed by atoms with Crippen molar-refractivity contribution in [2.75, 3.05) is 4.90 Å². The lowest BCUT2D eigenvalue weighted by atomic mass is 9.82. The maximum atomic E-state index is 7.20. The standard InChI is InChI=1S/C46H35NO/c1-45(2)34-20-9-7-17-32(34)41-36(45)22-13-24-39(41)47(38-23-11-15-28-14-5-6-16-29(28)38)40-25-12-19-30-31-26-27-37-42(44(31)48-43(30)40)33-18-8-10-21-35(33)46(37,3)4/h5-27H,1-4H3. The first-order valence-electron chi connectivity index (χ1n) is 17.0. The minimum Gasteiger partial charge on any atom is -0.453 e. The third kappa shape index (κ3) is 3.47. The molecule has 2 aliphatic carbocycles. The van der Waals surface area contributed by atoms with Crippen molar-refractivity contribution in [1.82, 2.24) is 0 Å². The van der Waals surface area contributed by atoms with Gasteiger partial charge in [-0.05, 0) is 57.0 Å². The number of benzene rings is 7. The Balaban J connectivity index is 1.32. The largest absolute Gasteiger partial charge is 0.453 e. The number of furan rings is 1. The Bertz CT molecular complexity index is 2630. The van der Waals surface area contributed by atoms with E-state index in [2.05, 4.69) is 172 Å². The van der Waals surface area contributed by atoms with E-state index in [0.717, 1.165) is 39.0 Å². The van der Waals surface area contributed by atoms with Crippen LogP contribution in [0, 0.1) is 0 Å². The van der Waals surface area contributed by atoms with E-state index < -0.39 is 0 Å². The van der Waals surface area contributed by atoms with Crippen LogP contribution in [0.4, 0.5) is 17.1 Å². The molecule has 0 spiro atoms. The van der Waals surface area contributed by atoms with Gasteiger partial charge in [-0.25, -0.2) is 0 Å². The zero-order valence-corrected chi connectivity index (χ0v) is 27.6. The van der Waals surface area contributed by atoms with Gasteiger partial charge >= 0.3 is 0 Å². The minimum atomic E-state index is -0.113. The van der Waals surface area contributed by atoms with E-state index in [1.54, 1.807) is 0 Å². The molecule has 2 nitrogen and oxygen atoms in total. The van der Waals surface area contributed by atoms with E-state index in [9.17, 15) is 0 Å². The summed E-state index contributed by atoms with van der Waals surface area (Å²) in [5.41, 5.74) is 15.5. The van der Waals surface area contributed by atoms with Crippen LogP contribution in [0.25, 0.3) is 55.0 Å². The smallest absolute Gasteiger partial charge is 0.159 e. The maximum absolute atomic E-state index is 7.20. The SMILES string of the molecule is CC1(C)c2ccccc2-c2c(N(c3cccc4ccccc34)c3cccc4c3oc3c5c(ccc34)C(C)(C)c3ccccc3-5)cccc21. The molecule has 0 atom stereocenters. The predicted octanol–water partition coefficient (Wildman–Crippen LogP) is 12.8. The Morgan fingerprint density at radius 1 is 0.396 bits per heavy atom. The molecule has 8 aromatic rings. The minimum absolute atomic E-state index is 0.0955. The third-order valence-electron chi connectivity index (χ3n) is 11.3. The van der Waals surface area contributed by atoms with Crippen LogP contribution in [0.2, 0.25) is 0 Å². The first-order valence-corrected chi connectivity index (χ1v) is 17.0. The van der Waals surface area contributed by atoms with Crippen LogP contribution in [0.3, 0.4) is 0 Å². The fourth-order valence-electron chi connectivity index (χ4n) is 8.92. The van der Waals surface area contributed by atoms with Crippen molar-refractivity contribution >= 4 is 49.8 Å². The number of para-hydroxylation sites is 1. The first kappa shape index (κ1) is 27.5. The average Bonchev–Trinajstić information content (AvgIpc) is 3.69. The summed E-state index contributed by atoms with van der Waals surface area (Å²) in [6, 6.07) is 51.2. The Morgan fingerprint density at radius 2 is 0.917 bits per heavy atom. The number of rotatable bonds is 3. The Kier molecular flexibility index (Phi) is 5.44. The van der Waals surface area contributed by atoms with Crippen molar-refractivity contribution in [3.05, 3.63) is 162 Å². The first-order chi connectivity index (χ1) is 23.4. The lowest BCUT2D eigenvalue weighted by molar-refractivity contribution is 0.653. The monoisotopic (exact) mass is 617 g/mol. The molecule has 0 bridgehead atoms. The highest BCUT2D eigenvalue weighted by atomic mass is 16.3. The summed E-state index contributed by atoms with van der Waals surface area (Å²) in [7, 11) is 0. The van der Waals surface area contributed by atoms with Crippen LogP contribution in [0.15, 0.2) is 144 Å². The highest BCUT2D eigenvalue weighted by Crippen LogP contribution is 2.57. The van der Waals surface area contributed by atoms with Crippen molar-refractivity contribution < 1.29 is 4.42 Å². The molecular formula is C46H35NO. The quantitative estimate of drug-likeness (QED) is 0.196. The Hall–Kier alpha value is -5.60. The third-order valence-corrected chi connectivity index (χ3v) is 11.3. The van der Waals surface area contributed by atoms with Gasteiger partial charge in [0, 0.05) is 38.1 Å². The molecule has 230 valence electrons. The van der Waals surface area contributed by atoms with E-state index in [0.29, 0.717) is 0 Å². The van der Waals surface area contributed by atoms with Gasteiger partial charge in [0.15, 0.2) is 5.58 Å². The van der Waals surface area contributed by atoms with Gasteiger partial charge < -0.3 is 9.32 Å². The number of nitrogens with zero attached hydrogens (tertiary/aromatic N) is 1. The summed E-state index contributed by atoms with van der Waals surface area (Å²) in [4.78, 5) is 2.46. The second-order valence-corrected chi connectivity index (χ2v) is 14.5. The summed E-state index contributed by atoms with van der Waals surface area (Å²) in [6.45, 7) is 9.36. The topological polar surface area (TPSA) is 16.4 Å². The van der Waals surface area contributed by atoms with Gasteiger partial charge in [-0.2, -0.15) is 0 Å². The molecule has 2 aliphatic rings. The Morgan fingerprint density at radius 3 is 1.71 bits per heavy atom. The van der Waals surface area contributed by atoms with Crippen LogP contribution >= 0.6 is 0 Å². The number of hydrogen-bond donors (Lipinski definition) is 0. The van der Waals surface area contributed by atoms with Crippen molar-refractivity contribution in [2.45, 2.75) is 38.5 Å². The summed E-state index contributed by atoms with van der Waals surface area (Å²) in [6.07, 6.45) is 0. The van der Waals surface area contributed by atoms with Crippen LogP contribution in [-0.2, 0) is 10.8 Å². The molecule has 0 fully saturated rings. The summed E-state index contributed by atoms with van der Waals surface area (Å²) in [5, 5.41) is 4.70. The summed E-state index contributed by atoms with van der Waals surface area (Å²) >= 11 is 0. The van der Waals surface area contributed by atoms with Gasteiger partial charge in [-0.1, -0.05) is 149 Å². The van der Waals surface area contributed by atoms with Gasteiger partial charge in [-0.15, -0.1) is 0 Å². The molecule has 0 aliphatic heterocycles. The fraction of sp³-hybridized carbons (Fsp3) is 0.130. The van der Waals surface area contributed by atoms with Crippen LogP contribution < -0.4 is 4.90 Å². The van der Waals surface area contributed by atoms with E-state index >= 15 is 0 Å². The van der Waals surface area contributed by atoms with Crippen molar-refractivity contribution in [1.29, 1.82) is 0 Å². The lowest BCUT2D eigenvalue weighted by Crippen LogP contribution is -2.16. The molecule has 0 N–H and O–H groups in total. The van der Waals surface area contributed by atoms with E-state index in [1.165, 1.54) is 55.3 Å².